The van der Waals surface area contributed by atoms with Crippen molar-refractivity contribution < 1.29 is 9.13 Å². The Balaban J connectivity index is 1.71. The van der Waals surface area contributed by atoms with Crippen molar-refractivity contribution in [1.82, 2.24) is 19.8 Å². The monoisotopic (exact) mass is 335 g/mol. The molecule has 0 aliphatic heterocycles. The van der Waals surface area contributed by atoms with Crippen molar-refractivity contribution in [2.45, 2.75) is 0 Å². The molecule has 25 heavy (non-hydrogen) atoms. The van der Waals surface area contributed by atoms with Gasteiger partial charge in [0.15, 0.2) is 17.3 Å². The zero-order chi connectivity index (χ0) is 17.2. The molecule has 0 aliphatic rings. The van der Waals surface area contributed by atoms with Crippen molar-refractivity contribution in [2.24, 2.45) is 0 Å². The van der Waals surface area contributed by atoms with Gasteiger partial charge in [0.05, 0.1) is 7.11 Å². The van der Waals surface area contributed by atoms with Gasteiger partial charge in [-0.3, -0.25) is 0 Å². The van der Waals surface area contributed by atoms with Crippen molar-refractivity contribution >= 4 is 17.2 Å². The highest BCUT2D eigenvalue weighted by atomic mass is 19.1. The van der Waals surface area contributed by atoms with E-state index in [1.165, 1.54) is 12.1 Å². The third-order valence-corrected chi connectivity index (χ3v) is 3.71. The minimum absolute atomic E-state index is 0.300. The molecule has 2 aromatic heterocycles. The minimum atomic E-state index is -0.300. The number of anilines is 2. The van der Waals surface area contributed by atoms with Crippen LogP contribution in [0.4, 0.5) is 15.9 Å². The second-order valence-electron chi connectivity index (χ2n) is 5.38. The van der Waals surface area contributed by atoms with Crippen LogP contribution in [-0.2, 0) is 0 Å². The van der Waals surface area contributed by atoms with Crippen molar-refractivity contribution in [1.29, 1.82) is 0 Å². The van der Waals surface area contributed by atoms with Gasteiger partial charge in [-0.1, -0.05) is 6.07 Å². The van der Waals surface area contributed by atoms with Crippen LogP contribution in [0.1, 0.15) is 0 Å². The molecule has 0 saturated heterocycles. The number of hydrogen-bond acceptors (Lipinski definition) is 5. The molecule has 0 fully saturated rings. The number of hydrogen-bond donors (Lipinski definition) is 1. The van der Waals surface area contributed by atoms with Gasteiger partial charge in [-0.15, -0.1) is 15.3 Å². The van der Waals surface area contributed by atoms with Gasteiger partial charge in [-0.05, 0) is 48.5 Å². The second kappa shape index (κ2) is 6.20. The van der Waals surface area contributed by atoms with E-state index >= 15 is 0 Å². The molecule has 4 aromatic rings. The summed E-state index contributed by atoms with van der Waals surface area (Å²) < 4.78 is 20.0. The zero-order valence-corrected chi connectivity index (χ0v) is 13.3. The molecule has 2 heterocycles. The maximum absolute atomic E-state index is 13.1. The Morgan fingerprint density at radius 1 is 1.00 bits per heavy atom. The molecule has 4 rings (SSSR count). The Morgan fingerprint density at radius 2 is 1.84 bits per heavy atom. The number of ether oxygens (including phenoxy) is 1. The highest BCUT2D eigenvalue weighted by Gasteiger charge is 2.10. The maximum atomic E-state index is 13.1. The number of nitrogens with one attached hydrogen (secondary N) is 1. The molecule has 1 N–H and O–H groups in total. The Bertz CT molecular complexity index is 1030. The van der Waals surface area contributed by atoms with Crippen molar-refractivity contribution in [2.75, 3.05) is 12.4 Å². The van der Waals surface area contributed by atoms with Crippen molar-refractivity contribution in [3.8, 4) is 17.1 Å². The predicted octanol–water partition coefficient (Wildman–Crippen LogP) is 3.68. The number of halogens is 1. The van der Waals surface area contributed by atoms with Crippen molar-refractivity contribution in [3.05, 3.63) is 66.5 Å². The average Bonchev–Trinajstić information content (AvgIpc) is 3.06. The topological polar surface area (TPSA) is 64.3 Å². The number of methoxy groups -OCH3 is 1. The SMILES string of the molecule is COc1cccc(Nc2ccc3nnc(-c4ccc(F)cc4)n3n2)c1. The lowest BCUT2D eigenvalue weighted by Crippen LogP contribution is -2.00. The molecule has 0 amide bonds. The van der Waals surface area contributed by atoms with Gasteiger partial charge in [0.25, 0.3) is 0 Å². The standard InChI is InChI=1S/C18H14FN5O/c1-25-15-4-2-3-14(11-15)20-16-9-10-17-21-22-18(24(17)23-16)12-5-7-13(19)8-6-12/h2-11H,1H3,(H,20,23). The fourth-order valence-electron chi connectivity index (χ4n) is 2.48. The molecule has 0 bridgehead atoms. The molecule has 124 valence electrons. The smallest absolute Gasteiger partial charge is 0.185 e. The Labute approximate surface area is 142 Å². The summed E-state index contributed by atoms with van der Waals surface area (Å²) in [5.74, 6) is 1.63. The fraction of sp³-hybridized carbons (Fsp3) is 0.0556. The summed E-state index contributed by atoms with van der Waals surface area (Å²) in [6, 6.07) is 17.2. The first-order valence-corrected chi connectivity index (χ1v) is 7.62. The Morgan fingerprint density at radius 3 is 2.64 bits per heavy atom. The quantitative estimate of drug-likeness (QED) is 0.616. The Kier molecular flexibility index (Phi) is 3.74. The first kappa shape index (κ1) is 15.1. The van der Waals surface area contributed by atoms with E-state index in [0.29, 0.717) is 17.3 Å². The molecule has 6 nitrogen and oxygen atoms in total. The van der Waals surface area contributed by atoms with Crippen molar-refractivity contribution in [3.63, 3.8) is 0 Å². The summed E-state index contributed by atoms with van der Waals surface area (Å²) in [5, 5.41) is 16.0. The molecular formula is C18H14FN5O. The van der Waals surface area contributed by atoms with E-state index in [4.69, 9.17) is 4.74 Å². The second-order valence-corrected chi connectivity index (χ2v) is 5.38. The first-order chi connectivity index (χ1) is 12.2. The molecule has 0 aliphatic carbocycles. The third-order valence-electron chi connectivity index (χ3n) is 3.71. The van der Waals surface area contributed by atoms with Gasteiger partial charge in [0.2, 0.25) is 0 Å². The number of rotatable bonds is 4. The van der Waals surface area contributed by atoms with E-state index in [2.05, 4.69) is 20.6 Å². The van der Waals surface area contributed by atoms with E-state index in [1.54, 1.807) is 23.8 Å². The summed E-state index contributed by atoms with van der Waals surface area (Å²) in [4.78, 5) is 0. The molecule has 0 unspecified atom stereocenters. The van der Waals surface area contributed by atoms with E-state index in [0.717, 1.165) is 17.0 Å². The van der Waals surface area contributed by atoms with Gasteiger partial charge >= 0.3 is 0 Å². The Hall–Kier alpha value is -3.48. The van der Waals surface area contributed by atoms with Crippen LogP contribution in [0.5, 0.6) is 5.75 Å². The maximum Gasteiger partial charge on any atom is 0.185 e. The summed E-state index contributed by atoms with van der Waals surface area (Å²) in [6.07, 6.45) is 0. The van der Waals surface area contributed by atoms with Crippen LogP contribution in [-0.4, -0.2) is 26.9 Å². The zero-order valence-electron chi connectivity index (χ0n) is 13.3. The number of nitrogens with zero attached hydrogens (tertiary/aromatic N) is 4. The highest BCUT2D eigenvalue weighted by molar-refractivity contribution is 5.62. The van der Waals surface area contributed by atoms with E-state index in [-0.39, 0.29) is 5.82 Å². The first-order valence-electron chi connectivity index (χ1n) is 7.62. The fourth-order valence-corrected chi connectivity index (χ4v) is 2.48. The lowest BCUT2D eigenvalue weighted by molar-refractivity contribution is 0.415. The van der Waals surface area contributed by atoms with E-state index in [1.807, 2.05) is 36.4 Å². The summed E-state index contributed by atoms with van der Waals surface area (Å²) in [7, 11) is 1.62. The van der Waals surface area contributed by atoms with Crippen LogP contribution in [0.2, 0.25) is 0 Å². The van der Waals surface area contributed by atoms with Gasteiger partial charge < -0.3 is 10.1 Å². The van der Waals surface area contributed by atoms with Gasteiger partial charge in [0, 0.05) is 17.3 Å². The number of fused-ring (bicyclic) bond motifs is 1. The van der Waals surface area contributed by atoms with Gasteiger partial charge in [0.1, 0.15) is 11.6 Å². The molecule has 7 heteroatoms. The summed E-state index contributed by atoms with van der Waals surface area (Å²) >= 11 is 0. The summed E-state index contributed by atoms with van der Waals surface area (Å²) in [6.45, 7) is 0. The van der Waals surface area contributed by atoms with Crippen LogP contribution in [0, 0.1) is 5.82 Å². The molecule has 0 saturated carbocycles. The molecule has 0 atom stereocenters. The van der Waals surface area contributed by atoms with Crippen LogP contribution >= 0.6 is 0 Å². The third kappa shape index (κ3) is 2.99. The molecular weight excluding hydrogens is 321 g/mol. The summed E-state index contributed by atoms with van der Waals surface area (Å²) in [5.41, 5.74) is 2.19. The van der Waals surface area contributed by atoms with Gasteiger partial charge in [-0.2, -0.15) is 4.52 Å². The van der Waals surface area contributed by atoms with Crippen LogP contribution in [0.15, 0.2) is 60.7 Å². The number of benzene rings is 2. The molecule has 2 aromatic carbocycles. The average molecular weight is 335 g/mol. The van der Waals surface area contributed by atoms with E-state index in [9.17, 15) is 4.39 Å². The normalized spacial score (nSPS) is 10.8. The predicted molar refractivity (Wildman–Crippen MR) is 92.5 cm³/mol. The molecule has 0 radical (unpaired) electrons. The molecule has 0 spiro atoms. The largest absolute Gasteiger partial charge is 0.497 e. The van der Waals surface area contributed by atoms with E-state index < -0.39 is 0 Å². The number of aromatic nitrogens is 4. The lowest BCUT2D eigenvalue weighted by Gasteiger charge is -2.08. The minimum Gasteiger partial charge on any atom is -0.497 e. The van der Waals surface area contributed by atoms with Crippen LogP contribution in [0.3, 0.4) is 0 Å². The highest BCUT2D eigenvalue weighted by Crippen LogP contribution is 2.22. The van der Waals surface area contributed by atoms with Gasteiger partial charge in [-0.25, -0.2) is 4.39 Å². The van der Waals surface area contributed by atoms with Crippen LogP contribution < -0.4 is 10.1 Å². The lowest BCUT2D eigenvalue weighted by atomic mass is 10.2. The van der Waals surface area contributed by atoms with Crippen LogP contribution in [0.25, 0.3) is 17.0 Å².